The average molecular weight is 443 g/mol. The molecule has 4 rings (SSSR count). The summed E-state index contributed by atoms with van der Waals surface area (Å²) in [4.78, 5) is 0. The molecule has 3 aromatic rings. The van der Waals surface area contributed by atoms with Crippen LogP contribution in [0, 0.1) is 11.7 Å². The van der Waals surface area contributed by atoms with Crippen molar-refractivity contribution in [3.05, 3.63) is 83.7 Å². The van der Waals surface area contributed by atoms with E-state index in [-0.39, 0.29) is 5.82 Å². The lowest BCUT2D eigenvalue weighted by Gasteiger charge is -2.29. The maximum atomic E-state index is 15.0. The maximum Gasteiger partial charge on any atom is 0.134 e. The van der Waals surface area contributed by atoms with Gasteiger partial charge < -0.3 is 0 Å². The first-order valence-corrected chi connectivity index (χ1v) is 13.1. The van der Waals surface area contributed by atoms with Gasteiger partial charge >= 0.3 is 0 Å². The fraction of sp³-hybridized carbons (Fsp3) is 0.438. The number of unbranched alkanes of at least 4 members (excludes halogenated alkanes) is 2. The molecule has 1 saturated carbocycles. The first-order valence-electron chi connectivity index (χ1n) is 13.1. The van der Waals surface area contributed by atoms with Gasteiger partial charge in [0, 0.05) is 5.39 Å². The van der Waals surface area contributed by atoms with Crippen molar-refractivity contribution in [1.82, 2.24) is 0 Å². The highest BCUT2D eigenvalue weighted by Gasteiger charge is 2.22. The molecule has 0 unspecified atom stereocenters. The van der Waals surface area contributed by atoms with Crippen LogP contribution in [-0.4, -0.2) is 0 Å². The maximum absolute atomic E-state index is 15.0. The molecule has 1 aliphatic carbocycles. The Morgan fingerprint density at radius 3 is 2.36 bits per heavy atom. The molecule has 0 aliphatic heterocycles. The summed E-state index contributed by atoms with van der Waals surface area (Å²) in [6.45, 7) is 4.30. The van der Waals surface area contributed by atoms with Gasteiger partial charge in [-0.2, -0.15) is 0 Å². The van der Waals surface area contributed by atoms with Crippen LogP contribution in [0.4, 0.5) is 4.39 Å². The molecular formula is C32H39F. The van der Waals surface area contributed by atoms with Crippen LogP contribution in [0.25, 0.3) is 21.9 Å². The largest absolute Gasteiger partial charge is 0.206 e. The first kappa shape index (κ1) is 23.7. The summed E-state index contributed by atoms with van der Waals surface area (Å²) in [7, 11) is 0. The predicted octanol–water partition coefficient (Wildman–Crippen LogP) is 10.0. The third-order valence-electron chi connectivity index (χ3n) is 7.63. The molecule has 0 saturated heterocycles. The zero-order valence-electron chi connectivity index (χ0n) is 20.5. The second-order valence-corrected chi connectivity index (χ2v) is 9.92. The Morgan fingerprint density at radius 2 is 1.64 bits per heavy atom. The summed E-state index contributed by atoms with van der Waals surface area (Å²) in [5.41, 5.74) is 4.67. The summed E-state index contributed by atoms with van der Waals surface area (Å²) in [5, 5.41) is 1.70. The number of rotatable bonds is 9. The van der Waals surface area contributed by atoms with Crippen molar-refractivity contribution in [2.75, 3.05) is 0 Å². The molecule has 1 aliphatic rings. The quantitative estimate of drug-likeness (QED) is 0.228. The van der Waals surface area contributed by atoms with Gasteiger partial charge in [-0.05, 0) is 91.0 Å². The van der Waals surface area contributed by atoms with Crippen LogP contribution in [0.15, 0.2) is 66.7 Å². The van der Waals surface area contributed by atoms with Crippen molar-refractivity contribution in [3.63, 3.8) is 0 Å². The van der Waals surface area contributed by atoms with E-state index in [9.17, 15) is 4.39 Å². The van der Waals surface area contributed by atoms with Gasteiger partial charge in [0.2, 0.25) is 0 Å². The van der Waals surface area contributed by atoms with Crippen molar-refractivity contribution in [2.45, 2.75) is 84.0 Å². The van der Waals surface area contributed by atoms with Crippen LogP contribution < -0.4 is 0 Å². The highest BCUT2D eigenvalue weighted by molar-refractivity contribution is 5.88. The Morgan fingerprint density at radius 1 is 0.879 bits per heavy atom. The van der Waals surface area contributed by atoms with E-state index in [1.807, 2.05) is 25.1 Å². The lowest BCUT2D eigenvalue weighted by molar-refractivity contribution is 0.303. The number of aryl methyl sites for hydroxylation is 1. The van der Waals surface area contributed by atoms with Crippen molar-refractivity contribution in [1.29, 1.82) is 0 Å². The number of halogens is 1. The van der Waals surface area contributed by atoms with Gasteiger partial charge in [0.25, 0.3) is 0 Å². The predicted molar refractivity (Wildman–Crippen MR) is 141 cm³/mol. The SMILES string of the molecule is C/C=C/CCc1ccc2cc(-c3ccc(C4CCC(CCCCC)CC4)cc3)ccc2c1F. The zero-order chi connectivity index (χ0) is 23.0. The van der Waals surface area contributed by atoms with E-state index >= 15 is 0 Å². The van der Waals surface area contributed by atoms with Crippen molar-refractivity contribution in [2.24, 2.45) is 5.92 Å². The lowest BCUT2D eigenvalue weighted by Crippen LogP contribution is -2.13. The Balaban J connectivity index is 1.42. The standard InChI is InChI=1S/C32H39F/c1-3-5-7-9-24-11-13-25(14-12-24)26-15-17-27(18-16-26)29-21-22-31-30(23-29)20-19-28(32(31)33)10-8-6-4-2/h4,6,15-25H,3,5,7-14H2,1-2H3/b6-4+. The van der Waals surface area contributed by atoms with E-state index in [0.29, 0.717) is 5.92 Å². The molecule has 0 nitrogen and oxygen atoms in total. The lowest BCUT2D eigenvalue weighted by atomic mass is 9.77. The van der Waals surface area contributed by atoms with Gasteiger partial charge in [-0.15, -0.1) is 0 Å². The van der Waals surface area contributed by atoms with E-state index in [4.69, 9.17) is 0 Å². The van der Waals surface area contributed by atoms with E-state index in [1.54, 1.807) is 0 Å². The van der Waals surface area contributed by atoms with Crippen LogP contribution >= 0.6 is 0 Å². The molecule has 1 fully saturated rings. The molecule has 0 aromatic heterocycles. The Bertz CT molecular complexity index is 1050. The summed E-state index contributed by atoms with van der Waals surface area (Å²) in [6.07, 6.45) is 16.8. The number of hydrogen-bond donors (Lipinski definition) is 0. The van der Waals surface area contributed by atoms with Crippen molar-refractivity contribution >= 4 is 10.8 Å². The van der Waals surface area contributed by atoms with E-state index in [1.165, 1.54) is 62.5 Å². The molecule has 0 radical (unpaired) electrons. The van der Waals surface area contributed by atoms with Crippen LogP contribution in [0.1, 0.15) is 88.7 Å². The van der Waals surface area contributed by atoms with Gasteiger partial charge in [-0.3, -0.25) is 0 Å². The summed E-state index contributed by atoms with van der Waals surface area (Å²) >= 11 is 0. The molecule has 3 aromatic carbocycles. The molecule has 0 heterocycles. The van der Waals surface area contributed by atoms with Crippen molar-refractivity contribution in [3.8, 4) is 11.1 Å². The van der Waals surface area contributed by atoms with Crippen LogP contribution in [0.2, 0.25) is 0 Å². The second kappa shape index (κ2) is 11.6. The number of fused-ring (bicyclic) bond motifs is 1. The zero-order valence-corrected chi connectivity index (χ0v) is 20.5. The van der Waals surface area contributed by atoms with E-state index in [0.717, 1.165) is 40.7 Å². The molecule has 0 bridgehead atoms. The van der Waals surface area contributed by atoms with Crippen LogP contribution in [0.5, 0.6) is 0 Å². The molecule has 174 valence electrons. The molecule has 0 N–H and O–H groups in total. The molecular weight excluding hydrogens is 403 g/mol. The summed E-state index contributed by atoms with van der Waals surface area (Å²) < 4.78 is 15.0. The van der Waals surface area contributed by atoms with Crippen molar-refractivity contribution < 1.29 is 4.39 Å². The van der Waals surface area contributed by atoms with E-state index in [2.05, 4.69) is 55.5 Å². The van der Waals surface area contributed by atoms with Gasteiger partial charge in [0.15, 0.2) is 0 Å². The monoisotopic (exact) mass is 442 g/mol. The first-order chi connectivity index (χ1) is 16.2. The van der Waals surface area contributed by atoms with Gasteiger partial charge in [0.05, 0.1) is 0 Å². The Labute approximate surface area is 199 Å². The topological polar surface area (TPSA) is 0 Å². The third kappa shape index (κ3) is 5.94. The third-order valence-corrected chi connectivity index (χ3v) is 7.63. The molecule has 1 heteroatoms. The summed E-state index contributed by atoms with van der Waals surface area (Å²) in [6, 6.07) is 19.3. The number of allylic oxidation sites excluding steroid dienone is 2. The minimum absolute atomic E-state index is 0.0656. The Hall–Kier alpha value is -2.41. The smallest absolute Gasteiger partial charge is 0.134 e. The second-order valence-electron chi connectivity index (χ2n) is 9.92. The normalized spacial score (nSPS) is 18.9. The minimum Gasteiger partial charge on any atom is -0.206 e. The molecule has 0 spiro atoms. The highest BCUT2D eigenvalue weighted by Crippen LogP contribution is 2.38. The van der Waals surface area contributed by atoms with Crippen LogP contribution in [-0.2, 0) is 6.42 Å². The molecule has 33 heavy (non-hydrogen) atoms. The van der Waals surface area contributed by atoms with Gasteiger partial charge in [0.1, 0.15) is 5.82 Å². The highest BCUT2D eigenvalue weighted by atomic mass is 19.1. The Kier molecular flexibility index (Phi) is 8.37. The summed E-state index contributed by atoms with van der Waals surface area (Å²) in [5.74, 6) is 1.60. The van der Waals surface area contributed by atoms with E-state index < -0.39 is 0 Å². The fourth-order valence-corrected chi connectivity index (χ4v) is 5.53. The minimum atomic E-state index is -0.0656. The van der Waals surface area contributed by atoms with Gasteiger partial charge in [-0.1, -0.05) is 93.3 Å². The average Bonchev–Trinajstić information content (AvgIpc) is 2.86. The number of hydrogen-bond acceptors (Lipinski definition) is 0. The molecule has 0 atom stereocenters. The van der Waals surface area contributed by atoms with Gasteiger partial charge in [-0.25, -0.2) is 4.39 Å². The molecule has 0 amide bonds. The van der Waals surface area contributed by atoms with Crippen LogP contribution in [0.3, 0.4) is 0 Å². The fourth-order valence-electron chi connectivity index (χ4n) is 5.53. The number of benzene rings is 3.